The van der Waals surface area contributed by atoms with E-state index in [-0.39, 0.29) is 11.1 Å². The molecule has 1 saturated heterocycles. The van der Waals surface area contributed by atoms with Gasteiger partial charge < -0.3 is 4.57 Å². The number of aromatic nitrogens is 1. The van der Waals surface area contributed by atoms with Gasteiger partial charge >= 0.3 is 0 Å². The Hall–Kier alpha value is -1.79. The van der Waals surface area contributed by atoms with Gasteiger partial charge in [-0.15, -0.1) is 0 Å². The van der Waals surface area contributed by atoms with Crippen LogP contribution >= 0.6 is 27.7 Å². The second kappa shape index (κ2) is 6.14. The predicted molar refractivity (Wildman–Crippen MR) is 91.8 cm³/mol. The minimum absolute atomic E-state index is 0.208. The SMILES string of the molecule is CCN1C(=O)S/C(=C/c2cccn2-c2ccc(Br)cc2)C1=O. The molecule has 0 atom stereocenters. The van der Waals surface area contributed by atoms with Crippen LogP contribution < -0.4 is 0 Å². The van der Waals surface area contributed by atoms with Crippen molar-refractivity contribution < 1.29 is 9.59 Å². The van der Waals surface area contributed by atoms with E-state index in [1.807, 2.05) is 47.2 Å². The van der Waals surface area contributed by atoms with Crippen molar-refractivity contribution in [2.24, 2.45) is 0 Å². The van der Waals surface area contributed by atoms with Crippen LogP contribution in [0.1, 0.15) is 12.6 Å². The van der Waals surface area contributed by atoms with E-state index in [4.69, 9.17) is 0 Å². The standard InChI is InChI=1S/C16H13BrN2O2S/c1-2-18-15(20)14(22-16(18)21)10-13-4-3-9-19(13)12-7-5-11(17)6-8-12/h3-10H,2H2,1H3/b14-10+. The Labute approximate surface area is 140 Å². The van der Waals surface area contributed by atoms with Crippen LogP contribution in [0.3, 0.4) is 0 Å². The third-order valence-corrected chi connectivity index (χ3v) is 4.79. The topological polar surface area (TPSA) is 42.3 Å². The minimum atomic E-state index is -0.221. The fourth-order valence-electron chi connectivity index (χ4n) is 2.26. The largest absolute Gasteiger partial charge is 0.317 e. The molecule has 112 valence electrons. The zero-order valence-electron chi connectivity index (χ0n) is 11.8. The van der Waals surface area contributed by atoms with Gasteiger partial charge in [0.05, 0.1) is 4.91 Å². The van der Waals surface area contributed by atoms with Crippen LogP contribution in [0.5, 0.6) is 0 Å². The molecule has 4 nitrogen and oxygen atoms in total. The molecule has 1 aliphatic rings. The molecule has 0 spiro atoms. The number of carbonyl (C=O) groups is 2. The van der Waals surface area contributed by atoms with Gasteiger partial charge in [-0.25, -0.2) is 0 Å². The molecular formula is C16H13BrN2O2S. The maximum absolute atomic E-state index is 12.2. The molecule has 22 heavy (non-hydrogen) atoms. The summed E-state index contributed by atoms with van der Waals surface area (Å²) in [6.45, 7) is 2.19. The van der Waals surface area contributed by atoms with Crippen molar-refractivity contribution in [1.82, 2.24) is 9.47 Å². The van der Waals surface area contributed by atoms with Crippen molar-refractivity contribution in [3.05, 3.63) is 57.7 Å². The Bertz CT molecular complexity index is 765. The number of likely N-dealkylation sites (N-methyl/N-ethyl adjacent to an activating group) is 1. The number of amides is 2. The summed E-state index contributed by atoms with van der Waals surface area (Å²) in [5.41, 5.74) is 1.86. The molecule has 0 unspecified atom stereocenters. The number of thioether (sulfide) groups is 1. The average molecular weight is 377 g/mol. The first-order chi connectivity index (χ1) is 10.6. The lowest BCUT2D eigenvalue weighted by Gasteiger charge is -2.08. The van der Waals surface area contributed by atoms with Crippen molar-refractivity contribution in [3.8, 4) is 5.69 Å². The summed E-state index contributed by atoms with van der Waals surface area (Å²) in [7, 11) is 0. The highest BCUT2D eigenvalue weighted by atomic mass is 79.9. The lowest BCUT2D eigenvalue weighted by Crippen LogP contribution is -2.27. The number of imide groups is 1. The molecule has 1 aromatic carbocycles. The van der Waals surface area contributed by atoms with Gasteiger partial charge in [0.1, 0.15) is 0 Å². The fraction of sp³-hybridized carbons (Fsp3) is 0.125. The molecule has 1 aliphatic heterocycles. The third kappa shape index (κ3) is 2.76. The number of hydrogen-bond donors (Lipinski definition) is 0. The number of rotatable bonds is 3. The number of nitrogens with zero attached hydrogens (tertiary/aromatic N) is 2. The Morgan fingerprint density at radius 1 is 1.18 bits per heavy atom. The summed E-state index contributed by atoms with van der Waals surface area (Å²) < 4.78 is 2.99. The van der Waals surface area contributed by atoms with Crippen molar-refractivity contribution in [2.45, 2.75) is 6.92 Å². The van der Waals surface area contributed by atoms with Crippen LogP contribution in [0.4, 0.5) is 4.79 Å². The van der Waals surface area contributed by atoms with Crippen LogP contribution in [0.25, 0.3) is 11.8 Å². The first-order valence-corrected chi connectivity index (χ1v) is 8.39. The molecule has 0 N–H and O–H groups in total. The molecule has 6 heteroatoms. The molecule has 0 aliphatic carbocycles. The molecule has 2 amide bonds. The molecule has 0 saturated carbocycles. The second-order valence-electron chi connectivity index (χ2n) is 4.71. The van der Waals surface area contributed by atoms with Gasteiger partial charge in [-0.3, -0.25) is 14.5 Å². The second-order valence-corrected chi connectivity index (χ2v) is 6.61. The molecular weight excluding hydrogens is 364 g/mol. The highest BCUT2D eigenvalue weighted by molar-refractivity contribution is 9.10. The monoisotopic (exact) mass is 376 g/mol. The summed E-state index contributed by atoms with van der Waals surface area (Å²) in [5, 5.41) is -0.208. The van der Waals surface area contributed by atoms with Gasteiger partial charge in [0.25, 0.3) is 11.1 Å². The van der Waals surface area contributed by atoms with Crippen LogP contribution in [0.15, 0.2) is 52.0 Å². The van der Waals surface area contributed by atoms with Crippen molar-refractivity contribution in [1.29, 1.82) is 0 Å². The van der Waals surface area contributed by atoms with Gasteiger partial charge in [-0.05, 0) is 61.2 Å². The summed E-state index contributed by atoms with van der Waals surface area (Å²) in [5.74, 6) is -0.221. The van der Waals surface area contributed by atoms with Crippen LogP contribution in [-0.4, -0.2) is 27.2 Å². The van der Waals surface area contributed by atoms with Crippen molar-refractivity contribution in [2.75, 3.05) is 6.54 Å². The predicted octanol–water partition coefficient (Wildman–Crippen LogP) is 4.30. The van der Waals surface area contributed by atoms with E-state index in [2.05, 4.69) is 15.9 Å². The average Bonchev–Trinajstić information content (AvgIpc) is 3.06. The van der Waals surface area contributed by atoms with E-state index in [0.29, 0.717) is 11.4 Å². The van der Waals surface area contributed by atoms with Crippen LogP contribution in [0, 0.1) is 0 Å². The van der Waals surface area contributed by atoms with E-state index in [1.54, 1.807) is 13.0 Å². The number of carbonyl (C=O) groups excluding carboxylic acids is 2. The maximum atomic E-state index is 12.2. The van der Waals surface area contributed by atoms with E-state index >= 15 is 0 Å². The van der Waals surface area contributed by atoms with Gasteiger partial charge in [-0.2, -0.15) is 0 Å². The van der Waals surface area contributed by atoms with Gasteiger partial charge in [0.2, 0.25) is 0 Å². The van der Waals surface area contributed by atoms with E-state index in [1.165, 1.54) is 4.90 Å². The molecule has 2 heterocycles. The summed E-state index contributed by atoms with van der Waals surface area (Å²) in [6.07, 6.45) is 3.70. The first kappa shape index (κ1) is 15.1. The summed E-state index contributed by atoms with van der Waals surface area (Å²) >= 11 is 4.40. The van der Waals surface area contributed by atoms with Gasteiger partial charge in [0, 0.05) is 28.6 Å². The maximum Gasteiger partial charge on any atom is 0.293 e. The highest BCUT2D eigenvalue weighted by Gasteiger charge is 2.33. The van der Waals surface area contributed by atoms with Crippen LogP contribution in [-0.2, 0) is 4.79 Å². The highest BCUT2D eigenvalue weighted by Crippen LogP contribution is 2.32. The Morgan fingerprint density at radius 3 is 2.55 bits per heavy atom. The third-order valence-electron chi connectivity index (χ3n) is 3.35. The molecule has 1 aromatic heterocycles. The van der Waals surface area contributed by atoms with Crippen molar-refractivity contribution in [3.63, 3.8) is 0 Å². The molecule has 0 radical (unpaired) electrons. The summed E-state index contributed by atoms with van der Waals surface area (Å²) in [4.78, 5) is 25.6. The Morgan fingerprint density at radius 2 is 1.91 bits per heavy atom. The van der Waals surface area contributed by atoms with Crippen LogP contribution in [0.2, 0.25) is 0 Å². The lowest BCUT2D eigenvalue weighted by atomic mass is 10.3. The fourth-order valence-corrected chi connectivity index (χ4v) is 3.41. The first-order valence-electron chi connectivity index (χ1n) is 6.79. The number of hydrogen-bond acceptors (Lipinski definition) is 3. The Kier molecular flexibility index (Phi) is 4.22. The molecule has 3 rings (SSSR count). The van der Waals surface area contributed by atoms with E-state index < -0.39 is 0 Å². The smallest absolute Gasteiger partial charge is 0.293 e. The quantitative estimate of drug-likeness (QED) is 0.750. The van der Waals surface area contributed by atoms with Gasteiger partial charge in [-0.1, -0.05) is 15.9 Å². The zero-order valence-corrected chi connectivity index (χ0v) is 14.2. The molecule has 2 aromatic rings. The normalized spacial score (nSPS) is 16.8. The Balaban J connectivity index is 1.96. The molecule has 0 bridgehead atoms. The number of benzene rings is 1. The van der Waals surface area contributed by atoms with Gasteiger partial charge in [0.15, 0.2) is 0 Å². The summed E-state index contributed by atoms with van der Waals surface area (Å²) in [6, 6.07) is 11.7. The molecule has 1 fully saturated rings. The van der Waals surface area contributed by atoms with E-state index in [0.717, 1.165) is 27.6 Å². The number of halogens is 1. The minimum Gasteiger partial charge on any atom is -0.317 e. The lowest BCUT2D eigenvalue weighted by molar-refractivity contribution is -0.122. The van der Waals surface area contributed by atoms with E-state index in [9.17, 15) is 9.59 Å². The zero-order chi connectivity index (χ0) is 15.7. The van der Waals surface area contributed by atoms with Crippen molar-refractivity contribution >= 4 is 44.9 Å².